The van der Waals surface area contributed by atoms with Crippen LogP contribution in [0.2, 0.25) is 0 Å². The van der Waals surface area contributed by atoms with E-state index in [-0.39, 0.29) is 38.2 Å². The molecule has 1 atom stereocenters. The predicted octanol–water partition coefficient (Wildman–Crippen LogP) is 3.76. The van der Waals surface area contributed by atoms with E-state index in [2.05, 4.69) is 53.5 Å². The van der Waals surface area contributed by atoms with Gasteiger partial charge in [-0.1, -0.05) is 33.6 Å². The minimum absolute atomic E-state index is 0. The van der Waals surface area contributed by atoms with Gasteiger partial charge in [0.15, 0.2) is 0 Å². The summed E-state index contributed by atoms with van der Waals surface area (Å²) < 4.78 is 0. The zero-order valence-corrected chi connectivity index (χ0v) is 13.9. The molecule has 85 valence electrons. The summed E-state index contributed by atoms with van der Waals surface area (Å²) in [6.07, 6.45) is 0. The molecule has 2 heteroatoms. The topological polar surface area (TPSA) is 3.24 Å². The molecule has 1 unspecified atom stereocenters. The van der Waals surface area contributed by atoms with Crippen molar-refractivity contribution in [2.45, 2.75) is 60.0 Å². The molecule has 14 heavy (non-hydrogen) atoms. The molecular formula is C12H27NY-2. The van der Waals surface area contributed by atoms with Gasteiger partial charge in [0.25, 0.3) is 0 Å². The Morgan fingerprint density at radius 1 is 1.07 bits per heavy atom. The Bertz CT molecular complexity index is 116. The SMILES string of the molecule is CC.[CH2-]C(C(C)C)N([CH2-])C(C)(C)C.[Y]. The van der Waals surface area contributed by atoms with E-state index < -0.39 is 0 Å². The molecule has 0 aliphatic rings. The molecule has 0 heterocycles. The molecule has 0 aliphatic carbocycles. The minimum atomic E-state index is 0. The van der Waals surface area contributed by atoms with Crippen LogP contribution in [0, 0.1) is 19.9 Å². The quantitative estimate of drug-likeness (QED) is 0.693. The molecule has 0 rings (SSSR count). The fourth-order valence-electron chi connectivity index (χ4n) is 0.857. The van der Waals surface area contributed by atoms with E-state index in [1.54, 1.807) is 0 Å². The fourth-order valence-corrected chi connectivity index (χ4v) is 0.857. The Morgan fingerprint density at radius 2 is 1.36 bits per heavy atom. The first kappa shape index (κ1) is 20.5. The molecule has 0 aromatic rings. The van der Waals surface area contributed by atoms with E-state index in [0.717, 1.165) is 0 Å². The average Bonchev–Trinajstić information content (AvgIpc) is 2.03. The second kappa shape index (κ2) is 9.30. The van der Waals surface area contributed by atoms with Crippen molar-refractivity contribution in [1.29, 1.82) is 0 Å². The van der Waals surface area contributed by atoms with Gasteiger partial charge in [0, 0.05) is 32.7 Å². The van der Waals surface area contributed by atoms with Gasteiger partial charge in [0.05, 0.1) is 0 Å². The zero-order valence-electron chi connectivity index (χ0n) is 11.1. The second-order valence-corrected chi connectivity index (χ2v) is 4.45. The summed E-state index contributed by atoms with van der Waals surface area (Å²) in [4.78, 5) is 2.07. The minimum Gasteiger partial charge on any atom is -0.477 e. The van der Waals surface area contributed by atoms with Gasteiger partial charge in [-0.15, -0.1) is 6.04 Å². The van der Waals surface area contributed by atoms with Crippen LogP contribution in [0.3, 0.4) is 0 Å². The van der Waals surface area contributed by atoms with Gasteiger partial charge in [0.2, 0.25) is 0 Å². The third-order valence-electron chi connectivity index (χ3n) is 2.03. The maximum Gasteiger partial charge on any atom is 0 e. The molecule has 0 aliphatic heterocycles. The van der Waals surface area contributed by atoms with E-state index in [1.807, 2.05) is 13.8 Å². The van der Waals surface area contributed by atoms with E-state index in [0.29, 0.717) is 12.0 Å². The van der Waals surface area contributed by atoms with Crippen LogP contribution in [0.5, 0.6) is 0 Å². The van der Waals surface area contributed by atoms with Crippen molar-refractivity contribution in [3.63, 3.8) is 0 Å². The standard InChI is InChI=1S/C10H21N.C2H6.Y/c1-8(2)9(3)11(7)10(4,5)6;1-2;/h8-9H,3,7H2,1-2,4-6H3;1-2H3;/q-2;;. The van der Waals surface area contributed by atoms with Crippen molar-refractivity contribution in [2.75, 3.05) is 0 Å². The van der Waals surface area contributed by atoms with Gasteiger partial charge in [0.1, 0.15) is 0 Å². The Hall–Kier alpha value is 1.06. The van der Waals surface area contributed by atoms with Gasteiger partial charge in [-0.25, -0.2) is 0 Å². The Kier molecular flexibility index (Phi) is 13.6. The third-order valence-corrected chi connectivity index (χ3v) is 2.03. The van der Waals surface area contributed by atoms with Crippen LogP contribution >= 0.6 is 0 Å². The number of nitrogens with zero attached hydrogens (tertiary/aromatic N) is 1. The smallest absolute Gasteiger partial charge is 0 e. The summed E-state index contributed by atoms with van der Waals surface area (Å²) in [5.41, 5.74) is 0.122. The summed E-state index contributed by atoms with van der Waals surface area (Å²) in [6, 6.07) is 0.301. The monoisotopic (exact) mass is 274 g/mol. The van der Waals surface area contributed by atoms with Crippen LogP contribution in [0.4, 0.5) is 0 Å². The molecule has 0 spiro atoms. The van der Waals surface area contributed by atoms with Gasteiger partial charge in [-0.05, 0) is 26.3 Å². The van der Waals surface area contributed by atoms with Gasteiger partial charge in [-0.3, -0.25) is 7.05 Å². The summed E-state index contributed by atoms with van der Waals surface area (Å²) in [7, 11) is 4.00. The van der Waals surface area contributed by atoms with Crippen molar-refractivity contribution in [3.8, 4) is 0 Å². The average molecular weight is 274 g/mol. The van der Waals surface area contributed by atoms with Gasteiger partial charge >= 0.3 is 0 Å². The zero-order chi connectivity index (χ0) is 11.2. The van der Waals surface area contributed by atoms with E-state index in [1.165, 1.54) is 0 Å². The summed E-state index contributed by atoms with van der Waals surface area (Å²) in [5, 5.41) is 0. The van der Waals surface area contributed by atoms with Crippen LogP contribution in [0.1, 0.15) is 48.5 Å². The second-order valence-electron chi connectivity index (χ2n) is 4.45. The first-order chi connectivity index (χ1) is 5.76. The molecule has 0 saturated heterocycles. The molecule has 0 fully saturated rings. The third kappa shape index (κ3) is 8.38. The van der Waals surface area contributed by atoms with Crippen LogP contribution in [-0.4, -0.2) is 16.5 Å². The molecule has 0 bridgehead atoms. The van der Waals surface area contributed by atoms with Crippen LogP contribution < -0.4 is 0 Å². The van der Waals surface area contributed by atoms with Crippen LogP contribution in [0.15, 0.2) is 0 Å². The molecule has 1 nitrogen and oxygen atoms in total. The van der Waals surface area contributed by atoms with E-state index in [4.69, 9.17) is 0 Å². The Labute approximate surface area is 117 Å². The fraction of sp³-hybridized carbons (Fsp3) is 0.833. The van der Waals surface area contributed by atoms with Crippen LogP contribution in [-0.2, 0) is 32.7 Å². The van der Waals surface area contributed by atoms with Crippen molar-refractivity contribution < 1.29 is 32.7 Å². The van der Waals surface area contributed by atoms with Crippen molar-refractivity contribution in [2.24, 2.45) is 5.92 Å². The number of hydrogen-bond acceptors (Lipinski definition) is 1. The molecule has 0 amide bonds. The maximum atomic E-state index is 4.07. The summed E-state index contributed by atoms with van der Waals surface area (Å²) in [5.74, 6) is 0.562. The van der Waals surface area contributed by atoms with E-state index >= 15 is 0 Å². The largest absolute Gasteiger partial charge is 0.477 e. The summed E-state index contributed by atoms with van der Waals surface area (Å²) >= 11 is 0. The summed E-state index contributed by atoms with van der Waals surface area (Å²) in [6.45, 7) is 18.9. The van der Waals surface area contributed by atoms with E-state index in [9.17, 15) is 0 Å². The van der Waals surface area contributed by atoms with Gasteiger partial charge in [-0.2, -0.15) is 0 Å². The predicted molar refractivity (Wildman–Crippen MR) is 62.3 cm³/mol. The Balaban J connectivity index is -0.000000376. The van der Waals surface area contributed by atoms with Gasteiger partial charge < -0.3 is 11.8 Å². The van der Waals surface area contributed by atoms with Crippen molar-refractivity contribution in [3.05, 3.63) is 14.0 Å². The van der Waals surface area contributed by atoms with Crippen molar-refractivity contribution >= 4 is 0 Å². The van der Waals surface area contributed by atoms with Crippen LogP contribution in [0.25, 0.3) is 0 Å². The normalized spacial score (nSPS) is 13.1. The molecular weight excluding hydrogens is 247 g/mol. The maximum absolute atomic E-state index is 4.07. The first-order valence-electron chi connectivity index (χ1n) is 5.19. The molecule has 0 aromatic carbocycles. The van der Waals surface area contributed by atoms with Crippen molar-refractivity contribution in [1.82, 2.24) is 4.90 Å². The molecule has 0 N–H and O–H groups in total. The number of hydrogen-bond donors (Lipinski definition) is 0. The molecule has 0 aromatic heterocycles. The first-order valence-corrected chi connectivity index (χ1v) is 5.19. The Morgan fingerprint density at radius 3 is 1.43 bits per heavy atom. The molecule has 1 radical (unpaired) electrons. The number of rotatable bonds is 2. The molecule has 0 saturated carbocycles.